The summed E-state index contributed by atoms with van der Waals surface area (Å²) in [4.78, 5) is 0. The van der Waals surface area contributed by atoms with Gasteiger partial charge in [-0.25, -0.2) is 0 Å². The van der Waals surface area contributed by atoms with E-state index < -0.39 is 0 Å². The van der Waals surface area contributed by atoms with Crippen molar-refractivity contribution in [2.45, 2.75) is 45.4 Å². The van der Waals surface area contributed by atoms with Crippen molar-refractivity contribution >= 4 is 12.8 Å². The first-order chi connectivity index (χ1) is 6.79. The van der Waals surface area contributed by atoms with E-state index in [4.69, 9.17) is 0 Å². The van der Waals surface area contributed by atoms with Crippen LogP contribution in [0.25, 0.3) is 0 Å². The predicted molar refractivity (Wildman–Crippen MR) is 66.7 cm³/mol. The fraction of sp³-hybridized carbons (Fsp3) is 0.615. The summed E-state index contributed by atoms with van der Waals surface area (Å²) in [5.41, 5.74) is 5.28. The topological polar surface area (TPSA) is 0 Å². The Labute approximate surface area is 87.5 Å². The van der Waals surface area contributed by atoms with Gasteiger partial charge in [0, 0.05) is 0 Å². The van der Waals surface area contributed by atoms with Crippen LogP contribution in [0.2, 0.25) is 0 Å². The van der Waals surface area contributed by atoms with Crippen LogP contribution in [-0.2, 0) is 0 Å². The highest BCUT2D eigenvalue weighted by Gasteiger charge is 2.28. The molecule has 0 aromatic rings. The van der Waals surface area contributed by atoms with Crippen molar-refractivity contribution in [2.75, 3.05) is 6.66 Å². The van der Waals surface area contributed by atoms with E-state index in [-0.39, 0.29) is 7.55 Å². The zero-order chi connectivity index (χ0) is 9.71. The molecule has 1 atom stereocenters. The Hall–Kier alpha value is -0.220. The maximum absolute atomic E-state index is 2.54. The van der Waals surface area contributed by atoms with Gasteiger partial charge in [0.1, 0.15) is 0 Å². The van der Waals surface area contributed by atoms with Gasteiger partial charge in [-0.05, 0) is 79.4 Å². The van der Waals surface area contributed by atoms with Gasteiger partial charge in [0.25, 0.3) is 0 Å². The van der Waals surface area contributed by atoms with E-state index in [2.05, 4.69) is 13.6 Å². The SMILES string of the molecule is CC1=C2CCCC2=[PH](C)C2=C1CCC2. The van der Waals surface area contributed by atoms with Crippen LogP contribution in [0.1, 0.15) is 45.4 Å². The molecule has 0 saturated heterocycles. The molecule has 1 heterocycles. The summed E-state index contributed by atoms with van der Waals surface area (Å²) >= 11 is 0. The van der Waals surface area contributed by atoms with E-state index in [9.17, 15) is 0 Å². The molecule has 14 heavy (non-hydrogen) atoms. The second-order valence-corrected chi connectivity index (χ2v) is 7.33. The molecule has 0 nitrogen and oxygen atoms in total. The Morgan fingerprint density at radius 3 is 2.50 bits per heavy atom. The minimum atomic E-state index is -0.238. The van der Waals surface area contributed by atoms with Gasteiger partial charge in [-0.2, -0.15) is 0 Å². The molecule has 76 valence electrons. The summed E-state index contributed by atoms with van der Waals surface area (Å²) in [6.45, 7) is 4.92. The molecule has 1 fully saturated rings. The molecule has 2 aliphatic carbocycles. The number of hydrogen-bond donors (Lipinski definition) is 0. The highest BCUT2D eigenvalue weighted by molar-refractivity contribution is 7.63. The Morgan fingerprint density at radius 1 is 0.929 bits per heavy atom. The number of hydrogen-bond acceptors (Lipinski definition) is 0. The fourth-order valence-corrected chi connectivity index (χ4v) is 6.51. The number of rotatable bonds is 0. The van der Waals surface area contributed by atoms with E-state index in [1.165, 1.54) is 38.5 Å². The van der Waals surface area contributed by atoms with E-state index in [0.29, 0.717) is 0 Å². The molecule has 1 aliphatic heterocycles. The maximum Gasteiger partial charge on any atom is -0.0270 e. The van der Waals surface area contributed by atoms with Crippen molar-refractivity contribution in [2.24, 2.45) is 0 Å². The third kappa shape index (κ3) is 1.07. The number of fused-ring (bicyclic) bond motifs is 1. The Morgan fingerprint density at radius 2 is 1.64 bits per heavy atom. The summed E-state index contributed by atoms with van der Waals surface area (Å²) in [7, 11) is -0.238. The van der Waals surface area contributed by atoms with E-state index in [1.807, 2.05) is 10.6 Å². The van der Waals surface area contributed by atoms with Crippen LogP contribution in [0.3, 0.4) is 0 Å². The lowest BCUT2D eigenvalue weighted by molar-refractivity contribution is 0.900. The second kappa shape index (κ2) is 3.14. The van der Waals surface area contributed by atoms with E-state index in [0.717, 1.165) is 0 Å². The summed E-state index contributed by atoms with van der Waals surface area (Å²) in [5, 5.41) is 3.79. The molecular formula is C13H19P. The van der Waals surface area contributed by atoms with Gasteiger partial charge in [-0.3, -0.25) is 0 Å². The predicted octanol–water partition coefficient (Wildman–Crippen LogP) is 3.95. The summed E-state index contributed by atoms with van der Waals surface area (Å²) < 4.78 is 0. The standard InChI is InChI=1S/C13H19P/c1-9-10-5-3-7-12(10)14(2)13-8-4-6-11(9)13/h14H,3-8H2,1-2H3. The van der Waals surface area contributed by atoms with Crippen LogP contribution < -0.4 is 0 Å². The van der Waals surface area contributed by atoms with Crippen molar-refractivity contribution < 1.29 is 0 Å². The van der Waals surface area contributed by atoms with Crippen molar-refractivity contribution in [1.82, 2.24) is 0 Å². The fourth-order valence-electron chi connectivity index (χ4n) is 3.51. The minimum absolute atomic E-state index is 0.238. The molecule has 1 heteroatoms. The molecule has 0 aromatic carbocycles. The third-order valence-corrected chi connectivity index (χ3v) is 7.16. The van der Waals surface area contributed by atoms with Crippen LogP contribution in [0.4, 0.5) is 0 Å². The molecular weight excluding hydrogens is 187 g/mol. The third-order valence-electron chi connectivity index (χ3n) is 4.25. The Kier molecular flexibility index (Phi) is 2.02. The number of allylic oxidation sites excluding steroid dienone is 4. The quantitative estimate of drug-likeness (QED) is 0.526. The van der Waals surface area contributed by atoms with Gasteiger partial charge in [0.2, 0.25) is 0 Å². The van der Waals surface area contributed by atoms with Crippen molar-refractivity contribution in [3.63, 3.8) is 0 Å². The molecule has 3 aliphatic rings. The molecule has 3 rings (SSSR count). The lowest BCUT2D eigenvalue weighted by Gasteiger charge is -2.22. The molecule has 1 unspecified atom stereocenters. The summed E-state index contributed by atoms with van der Waals surface area (Å²) in [5.74, 6) is 0. The molecule has 0 N–H and O–H groups in total. The van der Waals surface area contributed by atoms with Crippen LogP contribution in [0, 0.1) is 0 Å². The lowest BCUT2D eigenvalue weighted by atomic mass is 9.99. The first kappa shape index (κ1) is 9.04. The van der Waals surface area contributed by atoms with Gasteiger partial charge < -0.3 is 0 Å². The van der Waals surface area contributed by atoms with Gasteiger partial charge in [0.05, 0.1) is 0 Å². The van der Waals surface area contributed by atoms with Crippen molar-refractivity contribution in [3.05, 3.63) is 22.0 Å². The molecule has 0 spiro atoms. The van der Waals surface area contributed by atoms with Crippen molar-refractivity contribution in [3.8, 4) is 0 Å². The highest BCUT2D eigenvalue weighted by Crippen LogP contribution is 2.53. The van der Waals surface area contributed by atoms with Crippen LogP contribution >= 0.6 is 7.55 Å². The van der Waals surface area contributed by atoms with Crippen LogP contribution in [-0.4, -0.2) is 12.0 Å². The molecule has 1 saturated carbocycles. The van der Waals surface area contributed by atoms with E-state index in [1.54, 1.807) is 16.7 Å². The highest BCUT2D eigenvalue weighted by atomic mass is 31.1. The van der Waals surface area contributed by atoms with Crippen LogP contribution in [0.15, 0.2) is 22.0 Å². The average molecular weight is 206 g/mol. The second-order valence-electron chi connectivity index (χ2n) is 4.87. The zero-order valence-electron chi connectivity index (χ0n) is 9.24. The van der Waals surface area contributed by atoms with E-state index >= 15 is 0 Å². The maximum atomic E-state index is 2.54. The Balaban J connectivity index is 2.24. The van der Waals surface area contributed by atoms with Crippen LogP contribution in [0.5, 0.6) is 0 Å². The summed E-state index contributed by atoms with van der Waals surface area (Å²) in [6.07, 6.45) is 8.50. The Bertz CT molecular complexity index is 344. The molecule has 0 radical (unpaired) electrons. The smallest absolute Gasteiger partial charge is 0.0270 e. The normalized spacial score (nSPS) is 31.3. The summed E-state index contributed by atoms with van der Waals surface area (Å²) in [6, 6.07) is 0. The lowest BCUT2D eigenvalue weighted by Crippen LogP contribution is -2.03. The largest absolute Gasteiger partial charge is 0.0930 e. The first-order valence-corrected chi connectivity index (χ1v) is 7.91. The monoisotopic (exact) mass is 206 g/mol. The van der Waals surface area contributed by atoms with Gasteiger partial charge >= 0.3 is 0 Å². The minimum Gasteiger partial charge on any atom is -0.0930 e. The molecule has 0 aromatic heterocycles. The van der Waals surface area contributed by atoms with Gasteiger partial charge in [0.15, 0.2) is 0 Å². The molecule has 0 amide bonds. The molecule has 0 bridgehead atoms. The van der Waals surface area contributed by atoms with Gasteiger partial charge in [-0.15, -0.1) is 0 Å². The van der Waals surface area contributed by atoms with Gasteiger partial charge in [-0.1, -0.05) is 7.55 Å². The zero-order valence-corrected chi connectivity index (χ0v) is 10.2. The first-order valence-electron chi connectivity index (χ1n) is 5.91. The average Bonchev–Trinajstić information content (AvgIpc) is 2.82. The van der Waals surface area contributed by atoms with Crippen molar-refractivity contribution in [1.29, 1.82) is 0 Å².